The number of halogens is 2. The normalized spacial score (nSPS) is 14.3. The Bertz CT molecular complexity index is 826. The fourth-order valence-corrected chi connectivity index (χ4v) is 3.37. The summed E-state index contributed by atoms with van der Waals surface area (Å²) in [7, 11) is 5.03. The second kappa shape index (κ2) is 11.1. The minimum absolute atomic E-state index is 0. The third-order valence-electron chi connectivity index (χ3n) is 4.88. The molecule has 2 aromatic carbocycles. The number of rotatable bonds is 5. The fourth-order valence-electron chi connectivity index (χ4n) is 3.37. The molecule has 1 saturated heterocycles. The Hall–Kier alpha value is -2.23. The van der Waals surface area contributed by atoms with Crippen LogP contribution in [0.25, 0.3) is 0 Å². The van der Waals surface area contributed by atoms with Crippen LogP contribution in [-0.2, 0) is 6.54 Å². The summed E-state index contributed by atoms with van der Waals surface area (Å²) in [5.41, 5.74) is 1.74. The molecular weight excluding hydrogens is 486 g/mol. The highest BCUT2D eigenvalue weighted by Gasteiger charge is 2.21. The number of methoxy groups -OCH3 is 2. The van der Waals surface area contributed by atoms with Crippen LogP contribution in [0.15, 0.2) is 47.5 Å². The van der Waals surface area contributed by atoms with E-state index in [9.17, 15) is 4.39 Å². The summed E-state index contributed by atoms with van der Waals surface area (Å²) in [6.45, 7) is 3.68. The zero-order chi connectivity index (χ0) is 19.9. The molecule has 0 unspecified atom stereocenters. The van der Waals surface area contributed by atoms with Gasteiger partial charge in [-0.05, 0) is 29.8 Å². The van der Waals surface area contributed by atoms with Gasteiger partial charge in [-0.2, -0.15) is 0 Å². The first-order chi connectivity index (χ1) is 13.7. The average molecular weight is 514 g/mol. The Balaban J connectivity index is 0.00000300. The van der Waals surface area contributed by atoms with Gasteiger partial charge >= 0.3 is 0 Å². The van der Waals surface area contributed by atoms with E-state index in [-0.39, 0.29) is 29.8 Å². The van der Waals surface area contributed by atoms with Crippen LogP contribution in [0.4, 0.5) is 10.1 Å². The molecule has 0 spiro atoms. The molecule has 3 rings (SSSR count). The van der Waals surface area contributed by atoms with Crippen LogP contribution in [0.2, 0.25) is 0 Å². The van der Waals surface area contributed by atoms with Gasteiger partial charge in [-0.1, -0.05) is 18.2 Å². The van der Waals surface area contributed by atoms with E-state index in [1.807, 2.05) is 30.3 Å². The lowest BCUT2D eigenvalue weighted by Crippen LogP contribution is -2.52. The maximum atomic E-state index is 14.0. The first-order valence-corrected chi connectivity index (χ1v) is 9.32. The molecule has 1 N–H and O–H groups in total. The van der Waals surface area contributed by atoms with Crippen molar-refractivity contribution in [2.75, 3.05) is 52.3 Å². The third kappa shape index (κ3) is 5.65. The molecular formula is C21H28FIN4O2. The van der Waals surface area contributed by atoms with Gasteiger partial charge in [-0.15, -0.1) is 24.0 Å². The lowest BCUT2D eigenvalue weighted by atomic mass is 10.2. The third-order valence-corrected chi connectivity index (χ3v) is 4.88. The van der Waals surface area contributed by atoms with Crippen molar-refractivity contribution in [1.82, 2.24) is 10.2 Å². The molecule has 0 saturated carbocycles. The number of anilines is 1. The largest absolute Gasteiger partial charge is 0.493 e. The number of aliphatic imine (C=N–C) groups is 1. The molecule has 158 valence electrons. The zero-order valence-electron chi connectivity index (χ0n) is 17.0. The van der Waals surface area contributed by atoms with Gasteiger partial charge in [0.05, 0.1) is 19.9 Å². The lowest BCUT2D eigenvalue weighted by molar-refractivity contribution is 0.354. The van der Waals surface area contributed by atoms with Gasteiger partial charge < -0.3 is 24.6 Å². The average Bonchev–Trinajstić information content (AvgIpc) is 2.75. The van der Waals surface area contributed by atoms with Crippen molar-refractivity contribution in [3.05, 3.63) is 53.8 Å². The van der Waals surface area contributed by atoms with E-state index in [4.69, 9.17) is 9.47 Å². The molecule has 0 radical (unpaired) electrons. The molecule has 1 aliphatic heterocycles. The van der Waals surface area contributed by atoms with E-state index in [0.717, 1.165) is 37.7 Å². The van der Waals surface area contributed by atoms with Crippen LogP contribution in [-0.4, -0.2) is 58.3 Å². The predicted octanol–water partition coefficient (Wildman–Crippen LogP) is 3.36. The molecule has 0 bridgehead atoms. The number of ether oxygens (including phenoxy) is 2. The highest BCUT2D eigenvalue weighted by atomic mass is 127. The van der Waals surface area contributed by atoms with Crippen molar-refractivity contribution < 1.29 is 13.9 Å². The quantitative estimate of drug-likeness (QED) is 0.377. The molecule has 1 heterocycles. The molecule has 29 heavy (non-hydrogen) atoms. The first kappa shape index (κ1) is 23.1. The molecule has 1 aliphatic rings. The van der Waals surface area contributed by atoms with E-state index in [2.05, 4.69) is 20.1 Å². The molecule has 6 nitrogen and oxygen atoms in total. The summed E-state index contributed by atoms with van der Waals surface area (Å²) in [4.78, 5) is 8.67. The van der Waals surface area contributed by atoms with Gasteiger partial charge in [-0.3, -0.25) is 4.99 Å². The minimum atomic E-state index is -0.174. The number of piperazine rings is 1. The number of benzene rings is 2. The Morgan fingerprint density at radius 2 is 1.72 bits per heavy atom. The van der Waals surface area contributed by atoms with Crippen LogP contribution in [0.3, 0.4) is 0 Å². The lowest BCUT2D eigenvalue weighted by Gasteiger charge is -2.37. The van der Waals surface area contributed by atoms with Crippen LogP contribution in [0, 0.1) is 5.82 Å². The van der Waals surface area contributed by atoms with Crippen LogP contribution < -0.4 is 19.7 Å². The maximum absolute atomic E-state index is 14.0. The van der Waals surface area contributed by atoms with Gasteiger partial charge in [0, 0.05) is 39.8 Å². The summed E-state index contributed by atoms with van der Waals surface area (Å²) in [5.74, 6) is 2.07. The molecule has 8 heteroatoms. The monoisotopic (exact) mass is 514 g/mol. The number of para-hydroxylation sites is 1. The van der Waals surface area contributed by atoms with Crippen molar-refractivity contribution in [1.29, 1.82) is 0 Å². The number of nitrogens with zero attached hydrogens (tertiary/aromatic N) is 3. The fraction of sp³-hybridized carbons (Fsp3) is 0.381. The SMILES string of the molecule is CN=C(NCc1ccc(OC)c(OC)c1)N1CCN(c2ccccc2F)CC1.I. The van der Waals surface area contributed by atoms with E-state index >= 15 is 0 Å². The van der Waals surface area contributed by atoms with Crippen molar-refractivity contribution >= 4 is 35.6 Å². The molecule has 0 amide bonds. The van der Waals surface area contributed by atoms with Gasteiger partial charge in [0.1, 0.15) is 5.82 Å². The van der Waals surface area contributed by atoms with Crippen molar-refractivity contribution in [2.45, 2.75) is 6.54 Å². The smallest absolute Gasteiger partial charge is 0.194 e. The van der Waals surface area contributed by atoms with Crippen molar-refractivity contribution in [3.8, 4) is 11.5 Å². The first-order valence-electron chi connectivity index (χ1n) is 9.32. The maximum Gasteiger partial charge on any atom is 0.194 e. The topological polar surface area (TPSA) is 49.3 Å². The molecule has 1 fully saturated rings. The van der Waals surface area contributed by atoms with E-state index in [0.29, 0.717) is 23.7 Å². The van der Waals surface area contributed by atoms with E-state index in [1.54, 1.807) is 27.3 Å². The Labute approximate surface area is 188 Å². The molecule has 0 aliphatic carbocycles. The van der Waals surface area contributed by atoms with Crippen LogP contribution in [0.5, 0.6) is 11.5 Å². The Kier molecular flexibility index (Phi) is 8.81. The van der Waals surface area contributed by atoms with E-state index < -0.39 is 0 Å². The number of guanidine groups is 1. The van der Waals surface area contributed by atoms with Crippen LogP contribution >= 0.6 is 24.0 Å². The summed E-state index contributed by atoms with van der Waals surface area (Å²) in [5, 5.41) is 3.40. The zero-order valence-corrected chi connectivity index (χ0v) is 19.4. The van der Waals surface area contributed by atoms with Gasteiger partial charge in [0.15, 0.2) is 17.5 Å². The second-order valence-electron chi connectivity index (χ2n) is 6.52. The van der Waals surface area contributed by atoms with Crippen molar-refractivity contribution in [3.63, 3.8) is 0 Å². The predicted molar refractivity (Wildman–Crippen MR) is 125 cm³/mol. The van der Waals surface area contributed by atoms with Gasteiger partial charge in [0.2, 0.25) is 0 Å². The van der Waals surface area contributed by atoms with Crippen molar-refractivity contribution in [2.24, 2.45) is 4.99 Å². The van der Waals surface area contributed by atoms with Crippen LogP contribution in [0.1, 0.15) is 5.56 Å². The molecule has 2 aromatic rings. The summed E-state index contributed by atoms with van der Waals surface area (Å²) in [6, 6.07) is 12.8. The summed E-state index contributed by atoms with van der Waals surface area (Å²) >= 11 is 0. The summed E-state index contributed by atoms with van der Waals surface area (Å²) in [6.07, 6.45) is 0. The standard InChI is InChI=1S/C21H27FN4O2.HI/c1-23-21(24-15-16-8-9-19(27-2)20(14-16)28-3)26-12-10-25(11-13-26)18-7-5-4-6-17(18)22;/h4-9,14H,10-13,15H2,1-3H3,(H,23,24);1H. The second-order valence-corrected chi connectivity index (χ2v) is 6.52. The highest BCUT2D eigenvalue weighted by Crippen LogP contribution is 2.27. The summed E-state index contributed by atoms with van der Waals surface area (Å²) < 4.78 is 24.6. The molecule has 0 atom stereocenters. The van der Waals surface area contributed by atoms with Gasteiger partial charge in [-0.25, -0.2) is 4.39 Å². The molecule has 0 aromatic heterocycles. The van der Waals surface area contributed by atoms with Gasteiger partial charge in [0.25, 0.3) is 0 Å². The number of nitrogens with one attached hydrogen (secondary N) is 1. The Morgan fingerprint density at radius 1 is 1.03 bits per heavy atom. The van der Waals surface area contributed by atoms with E-state index in [1.165, 1.54) is 6.07 Å². The minimum Gasteiger partial charge on any atom is -0.493 e. The number of hydrogen-bond acceptors (Lipinski definition) is 4. The Morgan fingerprint density at radius 3 is 2.34 bits per heavy atom. The highest BCUT2D eigenvalue weighted by molar-refractivity contribution is 14.0. The number of hydrogen-bond donors (Lipinski definition) is 1.